The monoisotopic (exact) mass is 363 g/mol. The molecule has 0 spiro atoms. The van der Waals surface area contributed by atoms with Crippen LogP contribution in [0.4, 0.5) is 0 Å². The number of benzene rings is 1. The van der Waals surface area contributed by atoms with E-state index in [1.54, 1.807) is 6.26 Å². The second-order valence-electron chi connectivity index (χ2n) is 6.18. The van der Waals surface area contributed by atoms with Gasteiger partial charge in [0.1, 0.15) is 6.61 Å². The molecule has 2 aromatic heterocycles. The zero-order valence-corrected chi connectivity index (χ0v) is 15.0. The Morgan fingerprint density at radius 1 is 1.27 bits per heavy atom. The third kappa shape index (κ3) is 3.11. The van der Waals surface area contributed by atoms with Gasteiger partial charge < -0.3 is 10.5 Å². The minimum atomic E-state index is -0.563. The summed E-state index contributed by atoms with van der Waals surface area (Å²) in [6.07, 6.45) is 6.31. The molecule has 2 N–H and O–H groups in total. The van der Waals surface area contributed by atoms with Crippen molar-refractivity contribution in [3.05, 3.63) is 71.3 Å². The Morgan fingerprint density at radius 2 is 2.08 bits per heavy atom. The quantitative estimate of drug-likeness (QED) is 0.765. The van der Waals surface area contributed by atoms with Crippen LogP contribution in [0, 0.1) is 6.92 Å². The van der Waals surface area contributed by atoms with E-state index in [-0.39, 0.29) is 5.69 Å². The summed E-state index contributed by atoms with van der Waals surface area (Å²) in [5.41, 5.74) is 9.84. The number of aryl methyl sites for hydroxylation is 1. The summed E-state index contributed by atoms with van der Waals surface area (Å²) in [4.78, 5) is 12.8. The van der Waals surface area contributed by atoms with Gasteiger partial charge >= 0.3 is 0 Å². The first kappa shape index (κ1) is 16.5. The van der Waals surface area contributed by atoms with Crippen molar-refractivity contribution in [1.29, 1.82) is 0 Å². The number of hydrogen-bond donors (Lipinski definition) is 1. The van der Waals surface area contributed by atoms with E-state index >= 15 is 0 Å². The molecule has 3 aromatic rings. The summed E-state index contributed by atoms with van der Waals surface area (Å²) in [5.74, 6) is -0.563. The van der Waals surface area contributed by atoms with E-state index in [9.17, 15) is 4.79 Å². The third-order valence-corrected chi connectivity index (χ3v) is 5.42. The fraction of sp³-hybridized carbons (Fsp3) is 0.150. The minimum Gasteiger partial charge on any atom is -0.497 e. The summed E-state index contributed by atoms with van der Waals surface area (Å²) in [6.45, 7) is 2.64. The Hall–Kier alpha value is -2.99. The van der Waals surface area contributed by atoms with E-state index in [0.29, 0.717) is 13.0 Å². The molecule has 1 aliphatic rings. The van der Waals surface area contributed by atoms with Crippen LogP contribution in [-0.2, 0) is 11.2 Å². The predicted octanol–water partition coefficient (Wildman–Crippen LogP) is 3.78. The highest BCUT2D eigenvalue weighted by molar-refractivity contribution is 7.22. The molecule has 0 aliphatic carbocycles. The number of rotatable bonds is 4. The summed E-state index contributed by atoms with van der Waals surface area (Å²) in [7, 11) is 0. The standard InChI is InChI=1S/C20H17N3O2S/c1-12-4-6-14(7-5-12)17-10-15-16(9-13-3-2-8-25-11-13)22-23-18(20(21)24)19(15)26-17/h2-7,10-11H,8-9H2,1H3,(H2,21,24). The van der Waals surface area contributed by atoms with Crippen molar-refractivity contribution >= 4 is 27.3 Å². The smallest absolute Gasteiger partial charge is 0.270 e. The number of carbonyl (C=O) groups is 1. The van der Waals surface area contributed by atoms with E-state index in [1.165, 1.54) is 16.9 Å². The molecule has 130 valence electrons. The molecular weight excluding hydrogens is 346 g/mol. The maximum atomic E-state index is 11.8. The van der Waals surface area contributed by atoms with Gasteiger partial charge in [0.15, 0.2) is 5.69 Å². The van der Waals surface area contributed by atoms with Crippen LogP contribution in [0.15, 0.2) is 54.3 Å². The topological polar surface area (TPSA) is 78.1 Å². The average molecular weight is 363 g/mol. The largest absolute Gasteiger partial charge is 0.497 e. The molecule has 0 bridgehead atoms. The molecule has 4 rings (SSSR count). The molecule has 1 aromatic carbocycles. The van der Waals surface area contributed by atoms with Crippen LogP contribution in [0.2, 0.25) is 0 Å². The van der Waals surface area contributed by atoms with Crippen LogP contribution in [0.3, 0.4) is 0 Å². The lowest BCUT2D eigenvalue weighted by Crippen LogP contribution is -2.14. The second kappa shape index (κ2) is 6.72. The predicted molar refractivity (Wildman–Crippen MR) is 103 cm³/mol. The number of ether oxygens (including phenoxy) is 1. The number of aromatic nitrogens is 2. The van der Waals surface area contributed by atoms with Gasteiger partial charge in [-0.3, -0.25) is 4.79 Å². The van der Waals surface area contributed by atoms with Crippen LogP contribution in [0.1, 0.15) is 21.7 Å². The Bertz CT molecular complexity index is 1050. The van der Waals surface area contributed by atoms with E-state index in [1.807, 2.05) is 12.2 Å². The molecule has 0 saturated heterocycles. The third-order valence-electron chi connectivity index (χ3n) is 4.23. The van der Waals surface area contributed by atoms with Crippen molar-refractivity contribution in [1.82, 2.24) is 10.2 Å². The highest BCUT2D eigenvalue weighted by Crippen LogP contribution is 2.36. The lowest BCUT2D eigenvalue weighted by Gasteiger charge is -2.08. The first-order chi connectivity index (χ1) is 12.6. The molecule has 1 amide bonds. The fourth-order valence-corrected chi connectivity index (χ4v) is 4.06. The van der Waals surface area contributed by atoms with Gasteiger partial charge in [-0.05, 0) is 30.2 Å². The van der Waals surface area contributed by atoms with E-state index in [4.69, 9.17) is 10.5 Å². The van der Waals surface area contributed by atoms with Crippen molar-refractivity contribution in [2.45, 2.75) is 13.3 Å². The lowest BCUT2D eigenvalue weighted by molar-refractivity contribution is 0.0996. The summed E-state index contributed by atoms with van der Waals surface area (Å²) < 4.78 is 6.12. The molecule has 5 nitrogen and oxygen atoms in total. The highest BCUT2D eigenvalue weighted by atomic mass is 32.1. The van der Waals surface area contributed by atoms with Gasteiger partial charge in [0.2, 0.25) is 0 Å². The van der Waals surface area contributed by atoms with Crippen molar-refractivity contribution in [3.63, 3.8) is 0 Å². The molecule has 1 aliphatic heterocycles. The molecular formula is C20H17N3O2S. The molecule has 3 heterocycles. The van der Waals surface area contributed by atoms with E-state index < -0.39 is 5.91 Å². The first-order valence-corrected chi connectivity index (χ1v) is 9.06. The molecule has 0 radical (unpaired) electrons. The van der Waals surface area contributed by atoms with E-state index in [2.05, 4.69) is 47.5 Å². The minimum absolute atomic E-state index is 0.219. The Balaban J connectivity index is 1.84. The zero-order chi connectivity index (χ0) is 18.1. The Kier molecular flexibility index (Phi) is 4.26. The van der Waals surface area contributed by atoms with Crippen molar-refractivity contribution in [2.75, 3.05) is 6.61 Å². The normalized spacial score (nSPS) is 13.5. The van der Waals surface area contributed by atoms with Crippen LogP contribution >= 0.6 is 11.3 Å². The second-order valence-corrected chi connectivity index (χ2v) is 7.24. The van der Waals surface area contributed by atoms with Gasteiger partial charge in [0.25, 0.3) is 5.91 Å². The van der Waals surface area contributed by atoms with Gasteiger partial charge in [0.05, 0.1) is 16.7 Å². The molecule has 0 atom stereocenters. The first-order valence-electron chi connectivity index (χ1n) is 8.25. The number of thiophene rings is 1. The van der Waals surface area contributed by atoms with Crippen molar-refractivity contribution in [2.24, 2.45) is 5.73 Å². The molecule has 6 heteroatoms. The van der Waals surface area contributed by atoms with Crippen LogP contribution in [0.5, 0.6) is 0 Å². The number of carbonyl (C=O) groups excluding carboxylic acids is 1. The summed E-state index contributed by atoms with van der Waals surface area (Å²) in [6, 6.07) is 10.4. The lowest BCUT2D eigenvalue weighted by atomic mass is 10.1. The van der Waals surface area contributed by atoms with Gasteiger partial charge in [-0.15, -0.1) is 16.4 Å². The molecule has 0 saturated carbocycles. The highest BCUT2D eigenvalue weighted by Gasteiger charge is 2.18. The molecule has 0 unspecified atom stereocenters. The van der Waals surface area contributed by atoms with Crippen molar-refractivity contribution in [3.8, 4) is 10.4 Å². The van der Waals surface area contributed by atoms with Crippen molar-refractivity contribution < 1.29 is 9.53 Å². The Labute approximate surface area is 154 Å². The van der Waals surface area contributed by atoms with Gasteiger partial charge in [0, 0.05) is 16.7 Å². The molecule has 0 fully saturated rings. The summed E-state index contributed by atoms with van der Waals surface area (Å²) >= 11 is 1.52. The maximum Gasteiger partial charge on any atom is 0.270 e. The fourth-order valence-electron chi connectivity index (χ4n) is 2.89. The molecule has 26 heavy (non-hydrogen) atoms. The number of nitrogens with two attached hydrogens (primary N) is 1. The maximum absolute atomic E-state index is 11.8. The average Bonchev–Trinajstić information content (AvgIpc) is 3.09. The van der Waals surface area contributed by atoms with E-state index in [0.717, 1.165) is 31.8 Å². The summed E-state index contributed by atoms with van der Waals surface area (Å²) in [5, 5.41) is 9.27. The van der Waals surface area contributed by atoms with Crippen LogP contribution in [0.25, 0.3) is 20.5 Å². The van der Waals surface area contributed by atoms with Gasteiger partial charge in [-0.25, -0.2) is 0 Å². The number of hydrogen-bond acceptors (Lipinski definition) is 5. The number of fused-ring (bicyclic) bond motifs is 1. The SMILES string of the molecule is Cc1ccc(-c2cc3c(CC4=COCC=C4)nnc(C(N)=O)c3s2)cc1. The van der Waals surface area contributed by atoms with Crippen LogP contribution < -0.4 is 5.73 Å². The van der Waals surface area contributed by atoms with Gasteiger partial charge in [-0.2, -0.15) is 5.10 Å². The number of allylic oxidation sites excluding steroid dienone is 2. The number of amides is 1. The van der Waals surface area contributed by atoms with Gasteiger partial charge in [-0.1, -0.05) is 35.9 Å². The number of primary amides is 1. The zero-order valence-electron chi connectivity index (χ0n) is 14.2. The number of nitrogens with zero attached hydrogens (tertiary/aromatic N) is 2. The van der Waals surface area contributed by atoms with Crippen LogP contribution in [-0.4, -0.2) is 22.7 Å². The Morgan fingerprint density at radius 3 is 2.77 bits per heavy atom.